The van der Waals surface area contributed by atoms with Crippen molar-refractivity contribution in [3.63, 3.8) is 0 Å². The van der Waals surface area contributed by atoms with Crippen LogP contribution in [-0.4, -0.2) is 0 Å². The lowest BCUT2D eigenvalue weighted by Gasteiger charge is -2.06. The summed E-state index contributed by atoms with van der Waals surface area (Å²) in [4.78, 5) is 0. The van der Waals surface area contributed by atoms with Crippen LogP contribution in [-0.2, 0) is 6.42 Å². The van der Waals surface area contributed by atoms with Crippen LogP contribution in [0.2, 0.25) is 0 Å². The van der Waals surface area contributed by atoms with Crippen molar-refractivity contribution in [3.05, 3.63) is 60.2 Å². The van der Waals surface area contributed by atoms with Gasteiger partial charge in [0, 0.05) is 0 Å². The zero-order valence-electron chi connectivity index (χ0n) is 12.3. The maximum absolute atomic E-state index is 5.79. The van der Waals surface area contributed by atoms with Crippen LogP contribution in [0.25, 0.3) is 0 Å². The molecule has 0 aliphatic heterocycles. The summed E-state index contributed by atoms with van der Waals surface area (Å²) < 4.78 is 5.79. The predicted molar refractivity (Wildman–Crippen MR) is 85.4 cm³/mol. The number of hydrogen-bond acceptors (Lipinski definition) is 1. The van der Waals surface area contributed by atoms with Gasteiger partial charge in [-0.3, -0.25) is 0 Å². The highest BCUT2D eigenvalue weighted by Crippen LogP contribution is 2.21. The topological polar surface area (TPSA) is 9.23 Å². The highest BCUT2D eigenvalue weighted by molar-refractivity contribution is 5.32. The van der Waals surface area contributed by atoms with E-state index in [0.717, 1.165) is 11.5 Å². The Morgan fingerprint density at radius 1 is 0.700 bits per heavy atom. The number of hydrogen-bond donors (Lipinski definition) is 0. The van der Waals surface area contributed by atoms with E-state index in [1.165, 1.54) is 44.1 Å². The number of para-hydroxylation sites is 1. The van der Waals surface area contributed by atoms with E-state index in [1.54, 1.807) is 0 Å². The third-order valence-electron chi connectivity index (χ3n) is 3.47. The second-order valence-corrected chi connectivity index (χ2v) is 5.22. The van der Waals surface area contributed by atoms with Crippen LogP contribution in [0.3, 0.4) is 0 Å². The summed E-state index contributed by atoms with van der Waals surface area (Å²) in [6.45, 7) is 2.26. The van der Waals surface area contributed by atoms with Gasteiger partial charge in [0.25, 0.3) is 0 Å². The van der Waals surface area contributed by atoms with Gasteiger partial charge in [-0.15, -0.1) is 0 Å². The van der Waals surface area contributed by atoms with Gasteiger partial charge < -0.3 is 4.74 Å². The van der Waals surface area contributed by atoms with Crippen molar-refractivity contribution in [1.29, 1.82) is 0 Å². The summed E-state index contributed by atoms with van der Waals surface area (Å²) in [6, 6.07) is 18.4. The molecule has 20 heavy (non-hydrogen) atoms. The normalized spacial score (nSPS) is 10.4. The first-order chi connectivity index (χ1) is 9.88. The van der Waals surface area contributed by atoms with Gasteiger partial charge in [-0.1, -0.05) is 62.9 Å². The monoisotopic (exact) mass is 268 g/mol. The van der Waals surface area contributed by atoms with Crippen LogP contribution in [0, 0.1) is 0 Å². The van der Waals surface area contributed by atoms with Gasteiger partial charge in [0.05, 0.1) is 0 Å². The standard InChI is InChI=1S/C19H24O/c1-2-3-4-5-7-10-17-13-15-19(16-14-17)20-18-11-8-6-9-12-18/h6,8-9,11-16H,2-5,7,10H2,1H3. The average molecular weight is 268 g/mol. The summed E-state index contributed by atoms with van der Waals surface area (Å²) in [5.74, 6) is 1.80. The van der Waals surface area contributed by atoms with E-state index in [2.05, 4.69) is 31.2 Å². The van der Waals surface area contributed by atoms with E-state index in [-0.39, 0.29) is 0 Å². The van der Waals surface area contributed by atoms with E-state index in [4.69, 9.17) is 4.74 Å². The molecule has 0 N–H and O–H groups in total. The van der Waals surface area contributed by atoms with E-state index in [1.807, 2.05) is 30.3 Å². The fourth-order valence-corrected chi connectivity index (χ4v) is 2.28. The van der Waals surface area contributed by atoms with Gasteiger partial charge >= 0.3 is 0 Å². The maximum Gasteiger partial charge on any atom is 0.127 e. The first-order valence-corrected chi connectivity index (χ1v) is 7.70. The minimum absolute atomic E-state index is 0.889. The minimum atomic E-state index is 0.889. The molecule has 2 aromatic carbocycles. The second-order valence-electron chi connectivity index (χ2n) is 5.22. The van der Waals surface area contributed by atoms with Crippen LogP contribution in [0.4, 0.5) is 0 Å². The molecule has 2 rings (SSSR count). The molecule has 0 aliphatic carbocycles. The van der Waals surface area contributed by atoms with Crippen molar-refractivity contribution in [2.45, 2.75) is 45.4 Å². The Bertz CT molecular complexity index is 473. The largest absolute Gasteiger partial charge is 0.457 e. The molecule has 2 aromatic rings. The number of benzene rings is 2. The molecule has 1 nitrogen and oxygen atoms in total. The Hall–Kier alpha value is -1.76. The third-order valence-corrected chi connectivity index (χ3v) is 3.47. The van der Waals surface area contributed by atoms with Gasteiger partial charge in [-0.05, 0) is 42.7 Å². The molecule has 0 amide bonds. The van der Waals surface area contributed by atoms with Gasteiger partial charge in [0.1, 0.15) is 11.5 Å². The summed E-state index contributed by atoms with van der Waals surface area (Å²) in [5, 5.41) is 0. The van der Waals surface area contributed by atoms with Gasteiger partial charge in [-0.2, -0.15) is 0 Å². The smallest absolute Gasteiger partial charge is 0.127 e. The lowest BCUT2D eigenvalue weighted by molar-refractivity contribution is 0.482. The van der Waals surface area contributed by atoms with E-state index < -0.39 is 0 Å². The molecule has 0 spiro atoms. The molecule has 0 saturated carbocycles. The van der Waals surface area contributed by atoms with Crippen molar-refractivity contribution in [2.24, 2.45) is 0 Å². The molecule has 0 unspecified atom stereocenters. The SMILES string of the molecule is CCCCCCCc1ccc(Oc2ccccc2)cc1. The first kappa shape index (κ1) is 14.6. The molecule has 1 heteroatoms. The van der Waals surface area contributed by atoms with Crippen molar-refractivity contribution >= 4 is 0 Å². The van der Waals surface area contributed by atoms with Gasteiger partial charge in [-0.25, -0.2) is 0 Å². The number of rotatable bonds is 8. The summed E-state index contributed by atoms with van der Waals surface area (Å²) >= 11 is 0. The fraction of sp³-hybridized carbons (Fsp3) is 0.368. The molecule has 0 atom stereocenters. The van der Waals surface area contributed by atoms with Crippen molar-refractivity contribution in [3.8, 4) is 11.5 Å². The van der Waals surface area contributed by atoms with Crippen molar-refractivity contribution in [2.75, 3.05) is 0 Å². The molecule has 106 valence electrons. The first-order valence-electron chi connectivity index (χ1n) is 7.70. The van der Waals surface area contributed by atoms with Gasteiger partial charge in [0.15, 0.2) is 0 Å². The Morgan fingerprint density at radius 2 is 1.35 bits per heavy atom. The number of aryl methyl sites for hydroxylation is 1. The Labute approximate surface area is 122 Å². The van der Waals surface area contributed by atoms with Crippen LogP contribution >= 0.6 is 0 Å². The highest BCUT2D eigenvalue weighted by atomic mass is 16.5. The van der Waals surface area contributed by atoms with Crippen LogP contribution in [0.15, 0.2) is 54.6 Å². The van der Waals surface area contributed by atoms with Crippen LogP contribution < -0.4 is 4.74 Å². The molecular weight excluding hydrogens is 244 g/mol. The molecule has 0 aliphatic rings. The zero-order chi connectivity index (χ0) is 14.0. The fourth-order valence-electron chi connectivity index (χ4n) is 2.28. The predicted octanol–water partition coefficient (Wildman–Crippen LogP) is 5.99. The average Bonchev–Trinajstić information content (AvgIpc) is 2.50. The summed E-state index contributed by atoms with van der Waals surface area (Å²) in [5.41, 5.74) is 1.40. The number of unbranched alkanes of at least 4 members (excludes halogenated alkanes) is 4. The quantitative estimate of drug-likeness (QED) is 0.534. The van der Waals surface area contributed by atoms with E-state index in [0.29, 0.717) is 0 Å². The molecule has 0 bridgehead atoms. The molecule has 0 heterocycles. The summed E-state index contributed by atoms with van der Waals surface area (Å²) in [6.07, 6.45) is 7.85. The Morgan fingerprint density at radius 3 is 2.05 bits per heavy atom. The molecule has 0 saturated heterocycles. The summed E-state index contributed by atoms with van der Waals surface area (Å²) in [7, 11) is 0. The van der Waals surface area contributed by atoms with Crippen LogP contribution in [0.5, 0.6) is 11.5 Å². The third kappa shape index (κ3) is 5.08. The lowest BCUT2D eigenvalue weighted by Crippen LogP contribution is -1.88. The Balaban J connectivity index is 1.78. The van der Waals surface area contributed by atoms with Crippen molar-refractivity contribution in [1.82, 2.24) is 0 Å². The van der Waals surface area contributed by atoms with Crippen molar-refractivity contribution < 1.29 is 4.74 Å². The van der Waals surface area contributed by atoms with E-state index >= 15 is 0 Å². The Kier molecular flexibility index (Phi) is 6.16. The molecule has 0 radical (unpaired) electrons. The highest BCUT2D eigenvalue weighted by Gasteiger charge is 1.98. The number of ether oxygens (including phenoxy) is 1. The van der Waals surface area contributed by atoms with Gasteiger partial charge in [0.2, 0.25) is 0 Å². The second kappa shape index (κ2) is 8.42. The molecular formula is C19H24O. The minimum Gasteiger partial charge on any atom is -0.457 e. The maximum atomic E-state index is 5.79. The van der Waals surface area contributed by atoms with E-state index in [9.17, 15) is 0 Å². The van der Waals surface area contributed by atoms with Crippen LogP contribution in [0.1, 0.15) is 44.6 Å². The lowest BCUT2D eigenvalue weighted by atomic mass is 10.1. The zero-order valence-corrected chi connectivity index (χ0v) is 12.3. The molecule has 0 fully saturated rings. The molecule has 0 aromatic heterocycles.